The normalized spacial score (nSPS) is 33.8. The number of methoxy groups -OCH3 is 1. The Balaban J connectivity index is 0.00000324. The van der Waals surface area contributed by atoms with Gasteiger partial charge in [-0.2, -0.15) is 5.06 Å². The molecule has 1 fully saturated rings. The van der Waals surface area contributed by atoms with Crippen LogP contribution in [0.1, 0.15) is 53.9 Å². The van der Waals surface area contributed by atoms with E-state index in [-0.39, 0.29) is 49.7 Å². The standard InChI is InChI=1S/C14H29NO3.Y/c1-8-13(9-2)11(3)14(16,17-6)10-12(4,5)15(13)18-7;/h11,16H,8-10H2,1-7H3;. The maximum atomic E-state index is 10.8. The summed E-state index contributed by atoms with van der Waals surface area (Å²) in [7, 11) is 3.30. The molecule has 111 valence electrons. The van der Waals surface area contributed by atoms with Crippen molar-refractivity contribution in [2.45, 2.75) is 70.7 Å². The van der Waals surface area contributed by atoms with Gasteiger partial charge in [0.15, 0.2) is 5.79 Å². The molecule has 1 heterocycles. The molecule has 4 nitrogen and oxygen atoms in total. The van der Waals surface area contributed by atoms with E-state index in [2.05, 4.69) is 39.7 Å². The SMILES string of the molecule is CCC1(CC)C(C)C(O)(OC)CC(C)(C)N1OC.[Y]. The van der Waals surface area contributed by atoms with Gasteiger partial charge < -0.3 is 14.7 Å². The maximum Gasteiger partial charge on any atom is 0.171 e. The molecule has 5 heteroatoms. The van der Waals surface area contributed by atoms with Crippen molar-refractivity contribution in [3.63, 3.8) is 0 Å². The number of hydroxylamine groups is 2. The van der Waals surface area contributed by atoms with Crippen LogP contribution in [0.15, 0.2) is 0 Å². The molecule has 1 saturated heterocycles. The zero-order valence-corrected chi connectivity index (χ0v) is 16.3. The Hall–Kier alpha value is 0.944. The van der Waals surface area contributed by atoms with Gasteiger partial charge in [0.25, 0.3) is 0 Å². The minimum atomic E-state index is -1.09. The Bertz CT molecular complexity index is 294. The van der Waals surface area contributed by atoms with Gasteiger partial charge in [0.1, 0.15) is 0 Å². The second-order valence-electron chi connectivity index (χ2n) is 6.05. The van der Waals surface area contributed by atoms with Crippen molar-refractivity contribution in [3.05, 3.63) is 0 Å². The number of rotatable bonds is 4. The molecule has 1 aliphatic heterocycles. The quantitative estimate of drug-likeness (QED) is 0.793. The summed E-state index contributed by atoms with van der Waals surface area (Å²) in [5.74, 6) is -1.11. The van der Waals surface area contributed by atoms with Crippen molar-refractivity contribution in [1.29, 1.82) is 0 Å². The summed E-state index contributed by atoms with van der Waals surface area (Å²) in [4.78, 5) is 5.68. The van der Waals surface area contributed by atoms with E-state index in [0.29, 0.717) is 6.42 Å². The molecule has 1 radical (unpaired) electrons. The molecule has 0 aromatic rings. The van der Waals surface area contributed by atoms with Gasteiger partial charge in [-0.1, -0.05) is 20.8 Å². The third kappa shape index (κ3) is 3.09. The van der Waals surface area contributed by atoms with Crippen LogP contribution >= 0.6 is 0 Å². The third-order valence-corrected chi connectivity index (χ3v) is 4.88. The summed E-state index contributed by atoms with van der Waals surface area (Å²) in [5.41, 5.74) is -0.473. The Labute approximate surface area is 143 Å². The molecule has 2 atom stereocenters. The number of ether oxygens (including phenoxy) is 1. The van der Waals surface area contributed by atoms with E-state index in [1.165, 1.54) is 0 Å². The fraction of sp³-hybridized carbons (Fsp3) is 1.00. The zero-order chi connectivity index (χ0) is 14.2. The summed E-state index contributed by atoms with van der Waals surface area (Å²) >= 11 is 0. The van der Waals surface area contributed by atoms with Crippen LogP contribution < -0.4 is 0 Å². The molecule has 0 aromatic carbocycles. The van der Waals surface area contributed by atoms with Gasteiger partial charge in [-0.05, 0) is 26.7 Å². The molecule has 2 unspecified atom stereocenters. The van der Waals surface area contributed by atoms with E-state index in [1.807, 2.05) is 0 Å². The molecular weight excluding hydrogens is 319 g/mol. The molecule has 1 aliphatic rings. The van der Waals surface area contributed by atoms with Gasteiger partial charge in [0.05, 0.1) is 12.6 Å². The Kier molecular flexibility index (Phi) is 7.14. The molecule has 1 rings (SSSR count). The van der Waals surface area contributed by atoms with Gasteiger partial charge in [-0.3, -0.25) is 0 Å². The smallest absolute Gasteiger partial charge is 0.171 e. The number of aliphatic hydroxyl groups is 1. The van der Waals surface area contributed by atoms with Gasteiger partial charge in [-0.25, -0.2) is 0 Å². The van der Waals surface area contributed by atoms with Crippen molar-refractivity contribution < 1.29 is 47.4 Å². The van der Waals surface area contributed by atoms with E-state index in [9.17, 15) is 5.11 Å². The molecule has 0 amide bonds. The van der Waals surface area contributed by atoms with Crippen molar-refractivity contribution in [3.8, 4) is 0 Å². The number of hydrogen-bond acceptors (Lipinski definition) is 4. The zero-order valence-electron chi connectivity index (χ0n) is 13.5. The van der Waals surface area contributed by atoms with Crippen LogP contribution in [-0.2, 0) is 42.3 Å². The van der Waals surface area contributed by atoms with Gasteiger partial charge >= 0.3 is 0 Å². The van der Waals surface area contributed by atoms with Gasteiger partial charge in [0.2, 0.25) is 0 Å². The summed E-state index contributed by atoms with van der Waals surface area (Å²) < 4.78 is 5.45. The first-order chi connectivity index (χ1) is 8.24. The second kappa shape index (κ2) is 6.80. The van der Waals surface area contributed by atoms with Gasteiger partial charge in [-0.15, -0.1) is 0 Å². The predicted octanol–water partition coefficient (Wildman–Crippen LogP) is 2.56. The number of piperidine rings is 1. The van der Waals surface area contributed by atoms with Crippen LogP contribution in [0.2, 0.25) is 0 Å². The Morgan fingerprint density at radius 1 is 1.21 bits per heavy atom. The first-order valence-corrected chi connectivity index (χ1v) is 6.86. The van der Waals surface area contributed by atoms with Crippen LogP contribution in [0.25, 0.3) is 0 Å². The fourth-order valence-electron chi connectivity index (χ4n) is 3.87. The van der Waals surface area contributed by atoms with E-state index >= 15 is 0 Å². The van der Waals surface area contributed by atoms with E-state index < -0.39 is 5.79 Å². The maximum absolute atomic E-state index is 10.8. The number of hydrogen-bond donors (Lipinski definition) is 1. The third-order valence-electron chi connectivity index (χ3n) is 4.88. The molecule has 19 heavy (non-hydrogen) atoms. The van der Waals surface area contributed by atoms with Crippen LogP contribution in [0.4, 0.5) is 0 Å². The first-order valence-electron chi connectivity index (χ1n) is 6.86. The summed E-state index contributed by atoms with van der Waals surface area (Å²) in [6.07, 6.45) is 2.36. The van der Waals surface area contributed by atoms with Crippen LogP contribution in [0.3, 0.4) is 0 Å². The van der Waals surface area contributed by atoms with Crippen molar-refractivity contribution in [1.82, 2.24) is 5.06 Å². The fourth-order valence-corrected chi connectivity index (χ4v) is 3.87. The second-order valence-corrected chi connectivity index (χ2v) is 6.05. The van der Waals surface area contributed by atoms with Crippen molar-refractivity contribution in [2.75, 3.05) is 14.2 Å². The topological polar surface area (TPSA) is 41.9 Å². The summed E-state index contributed by atoms with van der Waals surface area (Å²) in [6.45, 7) is 10.5. The summed E-state index contributed by atoms with van der Waals surface area (Å²) in [6, 6.07) is 0. The molecule has 0 bridgehead atoms. The van der Waals surface area contributed by atoms with E-state index in [1.54, 1.807) is 14.2 Å². The largest absolute Gasteiger partial charge is 0.365 e. The minimum Gasteiger partial charge on any atom is -0.365 e. The van der Waals surface area contributed by atoms with E-state index in [0.717, 1.165) is 12.8 Å². The molecule has 1 N–H and O–H groups in total. The van der Waals surface area contributed by atoms with Crippen LogP contribution in [0, 0.1) is 5.92 Å². The Morgan fingerprint density at radius 3 is 2.00 bits per heavy atom. The molecule has 0 spiro atoms. The first kappa shape index (κ1) is 19.9. The molecule has 0 saturated carbocycles. The van der Waals surface area contributed by atoms with Crippen LogP contribution in [0.5, 0.6) is 0 Å². The van der Waals surface area contributed by atoms with E-state index in [4.69, 9.17) is 9.57 Å². The Morgan fingerprint density at radius 2 is 1.68 bits per heavy atom. The number of nitrogens with zero attached hydrogens (tertiary/aromatic N) is 1. The molecule has 0 aromatic heterocycles. The monoisotopic (exact) mass is 348 g/mol. The molecular formula is C14H29NO3Y. The van der Waals surface area contributed by atoms with Crippen LogP contribution in [-0.4, -0.2) is 41.3 Å². The summed E-state index contributed by atoms with van der Waals surface area (Å²) in [5, 5.41) is 12.9. The van der Waals surface area contributed by atoms with Crippen molar-refractivity contribution >= 4 is 0 Å². The van der Waals surface area contributed by atoms with Gasteiger partial charge in [0, 0.05) is 57.7 Å². The average molecular weight is 348 g/mol. The molecule has 0 aliphatic carbocycles. The minimum absolute atomic E-state index is 0. The van der Waals surface area contributed by atoms with Crippen molar-refractivity contribution in [2.24, 2.45) is 5.92 Å². The predicted molar refractivity (Wildman–Crippen MR) is 72.0 cm³/mol. The average Bonchev–Trinajstić information content (AvgIpc) is 2.33.